The molecule has 1 atom stereocenters. The summed E-state index contributed by atoms with van der Waals surface area (Å²) in [5.41, 5.74) is 6.56. The third-order valence-electron chi connectivity index (χ3n) is 6.06. The smallest absolute Gasteiger partial charge is 0.383 e. The lowest BCUT2D eigenvalue weighted by molar-refractivity contribution is -0.136. The van der Waals surface area contributed by atoms with Gasteiger partial charge in [0.05, 0.1) is 17.6 Å². The van der Waals surface area contributed by atoms with Crippen molar-refractivity contribution >= 4 is 22.4 Å². The second-order valence-electron chi connectivity index (χ2n) is 8.56. The fraction of sp³-hybridized carbons (Fsp3) is 0.154. The number of nitrogens with one attached hydrogen (secondary N) is 1. The summed E-state index contributed by atoms with van der Waals surface area (Å²) in [5, 5.41) is 8.13. The number of nitrogen functional groups attached to an aromatic ring is 1. The number of pyridine rings is 1. The van der Waals surface area contributed by atoms with Crippen molar-refractivity contribution in [2.45, 2.75) is 19.1 Å². The molecule has 188 valence electrons. The van der Waals surface area contributed by atoms with Crippen LogP contribution in [-0.4, -0.2) is 24.3 Å². The number of hydrogen-bond donors (Lipinski definition) is 2. The van der Waals surface area contributed by atoms with Gasteiger partial charge in [0, 0.05) is 30.2 Å². The molecule has 8 nitrogen and oxygen atoms in total. The number of anilines is 2. The minimum absolute atomic E-state index is 0.315. The minimum atomic E-state index is -4.77. The highest BCUT2D eigenvalue weighted by atomic mass is 19.4. The Labute approximate surface area is 209 Å². The van der Waals surface area contributed by atoms with Gasteiger partial charge in [-0.3, -0.25) is 14.0 Å². The number of alkyl halides is 3. The van der Waals surface area contributed by atoms with Gasteiger partial charge in [0.1, 0.15) is 23.5 Å². The third kappa shape index (κ3) is 4.39. The number of hydrogen-bond acceptors (Lipinski definition) is 6. The van der Waals surface area contributed by atoms with Gasteiger partial charge in [-0.05, 0) is 36.1 Å². The average molecular weight is 506 g/mol. The van der Waals surface area contributed by atoms with Crippen molar-refractivity contribution in [1.82, 2.24) is 24.3 Å². The molecule has 3 N–H and O–H groups in total. The van der Waals surface area contributed by atoms with E-state index in [0.717, 1.165) is 11.9 Å². The lowest BCUT2D eigenvalue weighted by atomic mass is 9.99. The van der Waals surface area contributed by atoms with Crippen molar-refractivity contribution in [2.75, 3.05) is 11.1 Å². The van der Waals surface area contributed by atoms with Gasteiger partial charge >= 0.3 is 6.18 Å². The summed E-state index contributed by atoms with van der Waals surface area (Å²) in [6.07, 6.45) is -0.312. The van der Waals surface area contributed by atoms with E-state index in [1.54, 1.807) is 61.2 Å². The van der Waals surface area contributed by atoms with Crippen LogP contribution >= 0.6 is 0 Å². The molecule has 0 aliphatic carbocycles. The third-order valence-corrected chi connectivity index (χ3v) is 6.06. The van der Waals surface area contributed by atoms with Crippen molar-refractivity contribution in [3.63, 3.8) is 0 Å². The van der Waals surface area contributed by atoms with Gasteiger partial charge in [-0.1, -0.05) is 36.4 Å². The van der Waals surface area contributed by atoms with Gasteiger partial charge < -0.3 is 11.1 Å². The van der Waals surface area contributed by atoms with Gasteiger partial charge in [-0.25, -0.2) is 9.97 Å². The molecule has 0 saturated carbocycles. The molecule has 5 aromatic rings. The highest BCUT2D eigenvalue weighted by Crippen LogP contribution is 2.38. The Balaban J connectivity index is 1.73. The summed E-state index contributed by atoms with van der Waals surface area (Å²) < 4.78 is 44.3. The molecule has 11 heteroatoms. The summed E-state index contributed by atoms with van der Waals surface area (Å²) in [6.45, 7) is 1.66. The number of aryl methyl sites for hydroxylation is 1. The van der Waals surface area contributed by atoms with Crippen LogP contribution in [0.1, 0.15) is 24.2 Å². The maximum absolute atomic E-state index is 14.1. The van der Waals surface area contributed by atoms with Crippen LogP contribution in [0.3, 0.4) is 0 Å². The number of rotatable bonds is 5. The lowest BCUT2D eigenvalue weighted by Crippen LogP contribution is -2.26. The van der Waals surface area contributed by atoms with E-state index in [1.165, 1.54) is 4.57 Å². The second-order valence-corrected chi connectivity index (χ2v) is 8.56. The molecule has 5 rings (SSSR count). The van der Waals surface area contributed by atoms with Gasteiger partial charge in [0.15, 0.2) is 0 Å². The maximum Gasteiger partial charge on any atom is 0.423 e. The summed E-state index contributed by atoms with van der Waals surface area (Å²) in [5.74, 6) is -1.15. The largest absolute Gasteiger partial charge is 0.423 e. The first-order valence-corrected chi connectivity index (χ1v) is 11.3. The molecular weight excluding hydrogens is 483 g/mol. The first-order chi connectivity index (χ1) is 17.6. The predicted octanol–water partition coefficient (Wildman–Crippen LogP) is 4.96. The molecule has 0 aliphatic heterocycles. The number of nitrogens with two attached hydrogens (primary N) is 1. The predicted molar refractivity (Wildman–Crippen MR) is 135 cm³/mol. The van der Waals surface area contributed by atoms with Gasteiger partial charge in [-0.15, -0.1) is 0 Å². The number of halogens is 3. The van der Waals surface area contributed by atoms with Crippen molar-refractivity contribution in [3.8, 4) is 16.8 Å². The summed E-state index contributed by atoms with van der Waals surface area (Å²) in [4.78, 5) is 21.4. The molecule has 0 spiro atoms. The average Bonchev–Trinajstić information content (AvgIpc) is 3.29. The fourth-order valence-electron chi connectivity index (χ4n) is 4.41. The Hall–Kier alpha value is -4.67. The van der Waals surface area contributed by atoms with E-state index in [1.807, 2.05) is 24.4 Å². The highest BCUT2D eigenvalue weighted by Gasteiger charge is 2.38. The van der Waals surface area contributed by atoms with Gasteiger partial charge in [0.25, 0.3) is 5.56 Å². The summed E-state index contributed by atoms with van der Waals surface area (Å²) in [7, 11) is 1.79. The SMILES string of the molecule is C[C@H](Nc1ncnc(N)c1C(F)(F)F)c1cc2cccc(-c3cnn(C)c3)c2c(=O)n1-c1ccccc1. The first-order valence-electron chi connectivity index (χ1n) is 11.3. The zero-order chi connectivity index (χ0) is 26.3. The molecule has 2 aromatic carbocycles. The highest BCUT2D eigenvalue weighted by molar-refractivity contribution is 5.96. The van der Waals surface area contributed by atoms with Crippen LogP contribution in [0.15, 0.2) is 78.1 Å². The lowest BCUT2D eigenvalue weighted by Gasteiger charge is -2.23. The molecule has 0 aliphatic rings. The topological polar surface area (TPSA) is 104 Å². The van der Waals surface area contributed by atoms with E-state index in [-0.39, 0.29) is 5.56 Å². The standard InChI is InChI=1S/C26H22F3N7O/c1-15(34-24-22(26(27,28)29)23(30)31-14-32-24)20-11-16-7-6-10-19(17-12-33-35(2)13-17)21(16)25(37)36(20)18-8-4-3-5-9-18/h3-15H,1-2H3,(H3,30,31,32,34)/t15-/m0/s1. The van der Waals surface area contributed by atoms with Crippen LogP contribution in [-0.2, 0) is 13.2 Å². The van der Waals surface area contributed by atoms with E-state index in [2.05, 4.69) is 20.4 Å². The first kappa shape index (κ1) is 24.0. The number of fused-ring (bicyclic) bond motifs is 1. The van der Waals surface area contributed by atoms with E-state index in [0.29, 0.717) is 27.7 Å². The molecule has 0 amide bonds. The number of para-hydroxylation sites is 1. The van der Waals surface area contributed by atoms with Crippen molar-refractivity contribution < 1.29 is 13.2 Å². The molecular formula is C26H22F3N7O. The minimum Gasteiger partial charge on any atom is -0.383 e. The summed E-state index contributed by atoms with van der Waals surface area (Å²) >= 11 is 0. The van der Waals surface area contributed by atoms with E-state index in [4.69, 9.17) is 5.73 Å². The Morgan fingerprint density at radius 2 is 1.81 bits per heavy atom. The number of aromatic nitrogens is 5. The number of nitrogens with zero attached hydrogens (tertiary/aromatic N) is 5. The van der Waals surface area contributed by atoms with Crippen LogP contribution in [0.25, 0.3) is 27.6 Å². The molecule has 3 heterocycles. The Morgan fingerprint density at radius 1 is 1.05 bits per heavy atom. The Bertz CT molecular complexity index is 1660. The molecule has 3 aromatic heterocycles. The quantitative estimate of drug-likeness (QED) is 0.350. The van der Waals surface area contributed by atoms with E-state index in [9.17, 15) is 18.0 Å². The molecule has 0 bridgehead atoms. The molecule has 37 heavy (non-hydrogen) atoms. The monoisotopic (exact) mass is 505 g/mol. The van der Waals surface area contributed by atoms with Crippen molar-refractivity contribution in [2.24, 2.45) is 7.05 Å². The van der Waals surface area contributed by atoms with Crippen LogP contribution in [0.4, 0.5) is 24.8 Å². The van der Waals surface area contributed by atoms with E-state index >= 15 is 0 Å². The molecule has 0 saturated heterocycles. The second kappa shape index (κ2) is 9.08. The number of benzene rings is 2. The molecule has 0 unspecified atom stereocenters. The maximum atomic E-state index is 14.1. The zero-order valence-electron chi connectivity index (χ0n) is 19.9. The van der Waals surface area contributed by atoms with E-state index < -0.39 is 29.4 Å². The van der Waals surface area contributed by atoms with Gasteiger partial charge in [-0.2, -0.15) is 18.3 Å². The fourth-order valence-corrected chi connectivity index (χ4v) is 4.41. The Morgan fingerprint density at radius 3 is 2.49 bits per heavy atom. The van der Waals surface area contributed by atoms with Crippen LogP contribution in [0, 0.1) is 0 Å². The summed E-state index contributed by atoms with van der Waals surface area (Å²) in [6, 6.07) is 15.4. The van der Waals surface area contributed by atoms with Crippen LogP contribution < -0.4 is 16.6 Å². The van der Waals surface area contributed by atoms with Crippen molar-refractivity contribution in [3.05, 3.63) is 94.9 Å². The van der Waals surface area contributed by atoms with Gasteiger partial charge in [0.2, 0.25) is 0 Å². The molecule has 0 radical (unpaired) electrons. The Kier molecular flexibility index (Phi) is 5.90. The molecule has 0 fully saturated rings. The van der Waals surface area contributed by atoms with Crippen molar-refractivity contribution in [1.29, 1.82) is 0 Å². The zero-order valence-corrected chi connectivity index (χ0v) is 19.9. The van der Waals surface area contributed by atoms with Crippen LogP contribution in [0.5, 0.6) is 0 Å². The normalized spacial score (nSPS) is 12.6. The van der Waals surface area contributed by atoms with Crippen LogP contribution in [0.2, 0.25) is 0 Å².